The monoisotopic (exact) mass is 392 g/mol. The van der Waals surface area contributed by atoms with Crippen LogP contribution in [0.2, 0.25) is 0 Å². The highest BCUT2D eigenvalue weighted by Crippen LogP contribution is 2.26. The molecule has 0 radical (unpaired) electrons. The number of nitrogens with one attached hydrogen (secondary N) is 1. The van der Waals surface area contributed by atoms with Gasteiger partial charge >= 0.3 is 5.97 Å². The summed E-state index contributed by atoms with van der Waals surface area (Å²) in [6.45, 7) is -1.50. The van der Waals surface area contributed by atoms with Crippen LogP contribution in [0.1, 0.15) is 18.9 Å². The van der Waals surface area contributed by atoms with Crippen LogP contribution in [0.15, 0.2) is 54.6 Å². The van der Waals surface area contributed by atoms with E-state index in [0.29, 0.717) is 12.8 Å². The van der Waals surface area contributed by atoms with Crippen molar-refractivity contribution in [1.29, 1.82) is 0 Å². The Morgan fingerprint density at radius 2 is 1.64 bits per heavy atom. The number of aryl methyl sites for hydroxylation is 1. The zero-order valence-electron chi connectivity index (χ0n) is 15.8. The maximum absolute atomic E-state index is 13.2. The van der Waals surface area contributed by atoms with Crippen molar-refractivity contribution in [2.24, 2.45) is 5.90 Å². The van der Waals surface area contributed by atoms with Gasteiger partial charge in [-0.3, -0.25) is 5.32 Å². The van der Waals surface area contributed by atoms with Crippen LogP contribution in [0, 0.1) is 0 Å². The van der Waals surface area contributed by atoms with E-state index in [4.69, 9.17) is 5.90 Å². The summed E-state index contributed by atoms with van der Waals surface area (Å²) < 4.78 is 26.4. The van der Waals surface area contributed by atoms with Crippen LogP contribution >= 0.6 is 0 Å². The van der Waals surface area contributed by atoms with Crippen LogP contribution in [-0.4, -0.2) is 42.1 Å². The predicted molar refractivity (Wildman–Crippen MR) is 104 cm³/mol. The van der Waals surface area contributed by atoms with Gasteiger partial charge in [0.15, 0.2) is 0 Å². The summed E-state index contributed by atoms with van der Waals surface area (Å²) >= 11 is 0. The zero-order valence-corrected chi connectivity index (χ0v) is 15.8. The Hall–Kier alpha value is -2.35. The van der Waals surface area contributed by atoms with Crippen LogP contribution in [0.25, 0.3) is 11.1 Å². The molecule has 152 valence electrons. The van der Waals surface area contributed by atoms with Gasteiger partial charge in [-0.15, -0.1) is 0 Å². The van der Waals surface area contributed by atoms with Crippen LogP contribution in [0.4, 0.5) is 8.78 Å². The van der Waals surface area contributed by atoms with E-state index in [-0.39, 0.29) is 6.54 Å². The molecule has 4 N–H and O–H groups in total. The first-order chi connectivity index (χ1) is 13.4. The van der Waals surface area contributed by atoms with Gasteiger partial charge in [-0.05, 0) is 43.0 Å². The van der Waals surface area contributed by atoms with E-state index in [1.807, 2.05) is 54.6 Å². The van der Waals surface area contributed by atoms with E-state index in [2.05, 4.69) is 10.2 Å². The van der Waals surface area contributed by atoms with Crippen molar-refractivity contribution < 1.29 is 23.5 Å². The molecule has 2 rings (SSSR count). The highest BCUT2D eigenvalue weighted by Gasteiger charge is 2.54. The minimum atomic E-state index is -2.55. The molecule has 0 saturated heterocycles. The molecular weight excluding hydrogens is 366 g/mol. The third-order valence-electron chi connectivity index (χ3n) is 5.07. The molecule has 0 aliphatic carbocycles. The van der Waals surface area contributed by atoms with Crippen molar-refractivity contribution in [1.82, 2.24) is 5.32 Å². The average Bonchev–Trinajstić information content (AvgIpc) is 2.76. The second kappa shape index (κ2) is 9.73. The number of carbonyl (C=O) groups excluding carboxylic acids is 1. The van der Waals surface area contributed by atoms with Crippen molar-refractivity contribution in [3.63, 3.8) is 0 Å². The number of hydrogen-bond donors (Lipinski definition) is 3. The average molecular weight is 392 g/mol. The van der Waals surface area contributed by atoms with Gasteiger partial charge < -0.3 is 9.94 Å². The van der Waals surface area contributed by atoms with E-state index < -0.39 is 30.5 Å². The van der Waals surface area contributed by atoms with Crippen LogP contribution in [-0.2, 0) is 16.1 Å². The lowest BCUT2D eigenvalue weighted by Crippen LogP contribution is -2.69. The zero-order chi connectivity index (χ0) is 20.6. The van der Waals surface area contributed by atoms with Crippen LogP contribution in [0.5, 0.6) is 0 Å². The molecule has 0 fully saturated rings. The Bertz CT molecular complexity index is 752. The fourth-order valence-electron chi connectivity index (χ4n) is 2.97. The summed E-state index contributed by atoms with van der Waals surface area (Å²) in [4.78, 5) is 16.1. The first kappa shape index (κ1) is 21.9. The van der Waals surface area contributed by atoms with Crippen molar-refractivity contribution in [3.8, 4) is 11.1 Å². The number of nitrogens with two attached hydrogens (primary N) is 1. The number of carbonyl (C=O) groups is 1. The minimum absolute atomic E-state index is 0.231. The summed E-state index contributed by atoms with van der Waals surface area (Å²) in [6.07, 6.45) is 1.26. The summed E-state index contributed by atoms with van der Waals surface area (Å²) in [5, 5.41) is 12.8. The first-order valence-electron chi connectivity index (χ1n) is 9.05. The van der Waals surface area contributed by atoms with E-state index in [1.54, 1.807) is 0 Å². The molecule has 0 amide bonds. The van der Waals surface area contributed by atoms with Gasteiger partial charge in [-0.25, -0.2) is 13.6 Å². The highest BCUT2D eigenvalue weighted by molar-refractivity contribution is 5.82. The molecule has 0 aliphatic heterocycles. The normalized spacial score (nSPS) is 13.8. The van der Waals surface area contributed by atoms with Crippen molar-refractivity contribution in [3.05, 3.63) is 60.2 Å². The summed E-state index contributed by atoms with van der Waals surface area (Å²) in [7, 11) is 0. The Balaban J connectivity index is 1.95. The molecular formula is C21H26F2N2O3. The quantitative estimate of drug-likeness (QED) is 0.428. The Morgan fingerprint density at radius 1 is 1.07 bits per heavy atom. The third kappa shape index (κ3) is 4.73. The SMILES string of the molecule is CC(NCCCc1ccc(-c2ccccc2)cc1)(C(=O)ON)C(O)(CF)CF. The summed E-state index contributed by atoms with van der Waals surface area (Å²) in [6, 6.07) is 18.1. The van der Waals surface area contributed by atoms with E-state index in [1.165, 1.54) is 6.92 Å². The van der Waals surface area contributed by atoms with Crippen LogP contribution < -0.4 is 11.2 Å². The number of benzene rings is 2. The van der Waals surface area contributed by atoms with Gasteiger partial charge in [-0.2, -0.15) is 5.90 Å². The van der Waals surface area contributed by atoms with Crippen molar-refractivity contribution in [2.45, 2.75) is 30.9 Å². The Morgan fingerprint density at radius 3 is 2.18 bits per heavy atom. The number of alkyl halides is 2. The molecule has 0 bridgehead atoms. The van der Waals surface area contributed by atoms with Gasteiger partial charge in [0.1, 0.15) is 24.5 Å². The fraction of sp³-hybridized carbons (Fsp3) is 0.381. The molecule has 0 heterocycles. The molecule has 1 unspecified atom stereocenters. The number of halogens is 2. The number of rotatable bonds is 10. The first-order valence-corrected chi connectivity index (χ1v) is 9.05. The van der Waals surface area contributed by atoms with Gasteiger partial charge in [0.25, 0.3) is 0 Å². The standard InChI is InChI=1S/C21H26F2N2O3/c1-20(19(26)28-24,21(27,14-22)15-23)25-13-5-6-16-9-11-18(12-10-16)17-7-3-2-4-8-17/h2-4,7-12,25,27H,5-6,13-15,24H2,1H3. The number of aliphatic hydroxyl groups is 1. The van der Waals surface area contributed by atoms with Gasteiger partial charge in [0.2, 0.25) is 0 Å². The second-order valence-corrected chi connectivity index (χ2v) is 6.92. The van der Waals surface area contributed by atoms with Crippen molar-refractivity contribution in [2.75, 3.05) is 19.9 Å². The third-order valence-corrected chi connectivity index (χ3v) is 5.07. The van der Waals surface area contributed by atoms with Gasteiger partial charge in [0, 0.05) is 0 Å². The predicted octanol–water partition coefficient (Wildman–Crippen LogP) is 2.72. The lowest BCUT2D eigenvalue weighted by atomic mass is 9.82. The van der Waals surface area contributed by atoms with Gasteiger partial charge in [-0.1, -0.05) is 54.6 Å². The molecule has 2 aromatic rings. The van der Waals surface area contributed by atoms with Crippen molar-refractivity contribution >= 4 is 5.97 Å². The topological polar surface area (TPSA) is 84.6 Å². The van der Waals surface area contributed by atoms with E-state index in [9.17, 15) is 18.7 Å². The molecule has 28 heavy (non-hydrogen) atoms. The fourth-order valence-corrected chi connectivity index (χ4v) is 2.97. The lowest BCUT2D eigenvalue weighted by Gasteiger charge is -2.39. The molecule has 0 spiro atoms. The smallest absolute Gasteiger partial charge is 0.347 e. The number of hydrogen-bond acceptors (Lipinski definition) is 5. The van der Waals surface area contributed by atoms with Gasteiger partial charge in [0.05, 0.1) is 0 Å². The van der Waals surface area contributed by atoms with Crippen LogP contribution in [0.3, 0.4) is 0 Å². The Kier molecular flexibility index (Phi) is 7.62. The summed E-state index contributed by atoms with van der Waals surface area (Å²) in [5.41, 5.74) is -1.24. The largest absolute Gasteiger partial charge is 0.382 e. The summed E-state index contributed by atoms with van der Waals surface area (Å²) in [5.74, 6) is 3.75. The molecule has 7 heteroatoms. The maximum atomic E-state index is 13.2. The second-order valence-electron chi connectivity index (χ2n) is 6.92. The maximum Gasteiger partial charge on any atom is 0.347 e. The molecule has 5 nitrogen and oxygen atoms in total. The minimum Gasteiger partial charge on any atom is -0.382 e. The molecule has 1 atom stereocenters. The lowest BCUT2D eigenvalue weighted by molar-refractivity contribution is -0.168. The van der Waals surface area contributed by atoms with E-state index in [0.717, 1.165) is 16.7 Å². The molecule has 0 aromatic heterocycles. The molecule has 0 saturated carbocycles. The molecule has 2 aromatic carbocycles. The molecule has 0 aliphatic rings. The highest BCUT2D eigenvalue weighted by atomic mass is 19.1. The van der Waals surface area contributed by atoms with E-state index >= 15 is 0 Å². The Labute approximate surface area is 163 Å².